The van der Waals surface area contributed by atoms with Gasteiger partial charge in [0.1, 0.15) is 12.4 Å². The summed E-state index contributed by atoms with van der Waals surface area (Å²) in [4.78, 5) is 52.2. The number of hydrogen-bond donors (Lipinski definition) is 1. The zero-order valence-corrected chi connectivity index (χ0v) is 14.5. The molecule has 0 amide bonds. The Kier molecular flexibility index (Phi) is 4.59. The molecule has 0 saturated heterocycles. The minimum Gasteiger partial charge on any atom is -0.458 e. The van der Waals surface area contributed by atoms with Crippen LogP contribution in [0.3, 0.4) is 0 Å². The monoisotopic (exact) mass is 373 g/mol. The van der Waals surface area contributed by atoms with E-state index >= 15 is 0 Å². The third-order valence-corrected chi connectivity index (χ3v) is 3.95. The summed E-state index contributed by atoms with van der Waals surface area (Å²) in [6.45, 7) is 1.08. The lowest BCUT2D eigenvalue weighted by Crippen LogP contribution is -2.29. The summed E-state index contributed by atoms with van der Waals surface area (Å²) in [6, 6.07) is 5.91. The zero-order valence-electron chi connectivity index (χ0n) is 14.5. The lowest BCUT2D eigenvalue weighted by molar-refractivity contribution is -0.384. The number of aromatic nitrogens is 4. The molecule has 0 saturated carbocycles. The standard InChI is InChI=1S/C16H15N5O6/c1-9(22)27-8-12-17-14-13(15(23)18-16(24)19(14)2)20(12)7-10-4-3-5-11(6-10)21(25)26/h3-6H,7-8H2,1-2H3,(H,18,23,24). The molecule has 0 unspecified atom stereocenters. The van der Waals surface area contributed by atoms with Crippen LogP contribution >= 0.6 is 0 Å². The van der Waals surface area contributed by atoms with Crippen LogP contribution in [0.25, 0.3) is 11.2 Å². The maximum Gasteiger partial charge on any atom is 0.329 e. The molecule has 0 fully saturated rings. The Morgan fingerprint density at radius 3 is 2.78 bits per heavy atom. The van der Waals surface area contributed by atoms with Crippen molar-refractivity contribution in [3.63, 3.8) is 0 Å². The largest absolute Gasteiger partial charge is 0.458 e. The van der Waals surface area contributed by atoms with Gasteiger partial charge in [-0.1, -0.05) is 12.1 Å². The first-order valence-electron chi connectivity index (χ1n) is 7.83. The van der Waals surface area contributed by atoms with Gasteiger partial charge in [-0.05, 0) is 5.56 Å². The van der Waals surface area contributed by atoms with Gasteiger partial charge in [0.2, 0.25) is 0 Å². The number of esters is 1. The normalized spacial score (nSPS) is 10.9. The zero-order chi connectivity index (χ0) is 19.7. The highest BCUT2D eigenvalue weighted by Crippen LogP contribution is 2.18. The van der Waals surface area contributed by atoms with E-state index in [0.29, 0.717) is 5.56 Å². The van der Waals surface area contributed by atoms with Crippen LogP contribution in [0.15, 0.2) is 33.9 Å². The summed E-state index contributed by atoms with van der Waals surface area (Å²) in [5.74, 6) is -0.301. The van der Waals surface area contributed by atoms with Gasteiger partial charge >= 0.3 is 11.7 Å². The number of rotatable bonds is 5. The molecule has 1 aromatic carbocycles. The van der Waals surface area contributed by atoms with Crippen molar-refractivity contribution in [2.24, 2.45) is 7.05 Å². The number of aromatic amines is 1. The van der Waals surface area contributed by atoms with E-state index in [0.717, 1.165) is 4.57 Å². The summed E-state index contributed by atoms with van der Waals surface area (Å²) in [6.07, 6.45) is 0. The van der Waals surface area contributed by atoms with Gasteiger partial charge in [-0.2, -0.15) is 0 Å². The fourth-order valence-electron chi connectivity index (χ4n) is 2.68. The number of nitro groups is 1. The maximum atomic E-state index is 12.3. The Balaban J connectivity index is 2.18. The number of fused-ring (bicyclic) bond motifs is 1. The average molecular weight is 373 g/mol. The number of carbonyl (C=O) groups excluding carboxylic acids is 1. The number of aryl methyl sites for hydroxylation is 1. The lowest BCUT2D eigenvalue weighted by atomic mass is 10.2. The molecule has 0 radical (unpaired) electrons. The number of ether oxygens (including phenoxy) is 1. The first kappa shape index (κ1) is 18.0. The van der Waals surface area contributed by atoms with Crippen LogP contribution < -0.4 is 11.2 Å². The molecule has 3 rings (SSSR count). The van der Waals surface area contributed by atoms with Gasteiger partial charge in [0.05, 0.1) is 4.92 Å². The highest BCUT2D eigenvalue weighted by Gasteiger charge is 2.19. The van der Waals surface area contributed by atoms with Crippen LogP contribution in [0.4, 0.5) is 5.69 Å². The average Bonchev–Trinajstić information content (AvgIpc) is 2.97. The summed E-state index contributed by atoms with van der Waals surface area (Å²) in [7, 11) is 1.45. The van der Waals surface area contributed by atoms with E-state index in [4.69, 9.17) is 4.74 Å². The number of carbonyl (C=O) groups is 1. The number of hydrogen-bond acceptors (Lipinski definition) is 7. The molecule has 140 valence electrons. The predicted octanol–water partition coefficient (Wildman–Crippen LogP) is 0.443. The van der Waals surface area contributed by atoms with E-state index in [-0.39, 0.29) is 35.8 Å². The molecule has 1 N–H and O–H groups in total. The Morgan fingerprint density at radius 2 is 2.11 bits per heavy atom. The molecule has 27 heavy (non-hydrogen) atoms. The maximum absolute atomic E-state index is 12.3. The molecule has 0 aliphatic heterocycles. The summed E-state index contributed by atoms with van der Waals surface area (Å²) in [5.41, 5.74) is -0.616. The van der Waals surface area contributed by atoms with Crippen LogP contribution in [0.2, 0.25) is 0 Å². The number of imidazole rings is 1. The van der Waals surface area contributed by atoms with Crippen LogP contribution in [-0.4, -0.2) is 30.0 Å². The van der Waals surface area contributed by atoms with Gasteiger partial charge in [0.15, 0.2) is 11.2 Å². The molecule has 11 heteroatoms. The van der Waals surface area contributed by atoms with E-state index < -0.39 is 22.1 Å². The number of nitrogens with one attached hydrogen (secondary N) is 1. The SMILES string of the molecule is CC(=O)OCc1nc2c(c(=O)[nH]c(=O)n2C)n1Cc1cccc([N+](=O)[O-])c1. The van der Waals surface area contributed by atoms with Gasteiger partial charge in [0.25, 0.3) is 11.2 Å². The number of benzene rings is 1. The minimum absolute atomic E-state index is 0.0655. The fraction of sp³-hybridized carbons (Fsp3) is 0.250. The smallest absolute Gasteiger partial charge is 0.329 e. The van der Waals surface area contributed by atoms with Gasteiger partial charge in [-0.3, -0.25) is 29.3 Å². The molecule has 0 aliphatic rings. The van der Waals surface area contributed by atoms with E-state index in [1.807, 2.05) is 0 Å². The molecule has 2 heterocycles. The third-order valence-electron chi connectivity index (χ3n) is 3.95. The molecular weight excluding hydrogens is 358 g/mol. The van der Waals surface area contributed by atoms with E-state index in [2.05, 4.69) is 9.97 Å². The molecular formula is C16H15N5O6. The van der Waals surface area contributed by atoms with Crippen LogP contribution in [0, 0.1) is 10.1 Å². The summed E-state index contributed by atoms with van der Waals surface area (Å²) in [5, 5.41) is 11.0. The van der Waals surface area contributed by atoms with Crippen molar-refractivity contribution in [2.75, 3.05) is 0 Å². The number of nitro benzene ring substituents is 1. The van der Waals surface area contributed by atoms with Crippen molar-refractivity contribution >= 4 is 22.8 Å². The van der Waals surface area contributed by atoms with Crippen molar-refractivity contribution in [1.82, 2.24) is 19.1 Å². The van der Waals surface area contributed by atoms with Gasteiger partial charge in [-0.15, -0.1) is 0 Å². The molecule has 11 nitrogen and oxygen atoms in total. The lowest BCUT2D eigenvalue weighted by Gasteiger charge is -2.09. The predicted molar refractivity (Wildman–Crippen MR) is 93.3 cm³/mol. The second-order valence-electron chi connectivity index (χ2n) is 5.81. The number of H-pyrrole nitrogens is 1. The molecule has 2 aromatic heterocycles. The summed E-state index contributed by atoms with van der Waals surface area (Å²) < 4.78 is 7.61. The van der Waals surface area contributed by atoms with Crippen molar-refractivity contribution in [3.8, 4) is 0 Å². The van der Waals surface area contributed by atoms with Crippen molar-refractivity contribution in [2.45, 2.75) is 20.1 Å². The first-order valence-corrected chi connectivity index (χ1v) is 7.83. The van der Waals surface area contributed by atoms with Crippen LogP contribution in [-0.2, 0) is 29.7 Å². The Bertz CT molecular complexity index is 1170. The van der Waals surface area contributed by atoms with E-state index in [9.17, 15) is 24.5 Å². The highest BCUT2D eigenvalue weighted by molar-refractivity contribution is 5.71. The second-order valence-corrected chi connectivity index (χ2v) is 5.81. The van der Waals surface area contributed by atoms with E-state index in [1.54, 1.807) is 6.07 Å². The molecule has 0 aliphatic carbocycles. The summed E-state index contributed by atoms with van der Waals surface area (Å²) >= 11 is 0. The molecule has 0 bridgehead atoms. The van der Waals surface area contributed by atoms with E-state index in [1.165, 1.54) is 36.7 Å². The van der Waals surface area contributed by atoms with Gasteiger partial charge in [0, 0.05) is 32.6 Å². The van der Waals surface area contributed by atoms with Crippen LogP contribution in [0.5, 0.6) is 0 Å². The first-order chi connectivity index (χ1) is 12.8. The Morgan fingerprint density at radius 1 is 1.37 bits per heavy atom. The fourth-order valence-corrected chi connectivity index (χ4v) is 2.68. The van der Waals surface area contributed by atoms with Crippen molar-refractivity contribution in [1.29, 1.82) is 0 Å². The van der Waals surface area contributed by atoms with Crippen molar-refractivity contribution < 1.29 is 14.5 Å². The Hall–Kier alpha value is -3.76. The molecule has 0 atom stereocenters. The van der Waals surface area contributed by atoms with Crippen molar-refractivity contribution in [3.05, 3.63) is 66.6 Å². The highest BCUT2D eigenvalue weighted by atomic mass is 16.6. The van der Waals surface area contributed by atoms with Gasteiger partial charge in [-0.25, -0.2) is 9.78 Å². The molecule has 3 aromatic rings. The molecule has 0 spiro atoms. The number of non-ortho nitro benzene ring substituents is 1. The Labute approximate surface area is 151 Å². The topological polar surface area (TPSA) is 142 Å². The third kappa shape index (κ3) is 3.47. The second kappa shape index (κ2) is 6.86. The minimum atomic E-state index is -0.653. The quantitative estimate of drug-likeness (QED) is 0.388. The van der Waals surface area contributed by atoms with Gasteiger partial charge < -0.3 is 9.30 Å². The van der Waals surface area contributed by atoms with Crippen LogP contribution in [0.1, 0.15) is 18.3 Å². The number of nitrogens with zero attached hydrogens (tertiary/aromatic N) is 4.